The van der Waals surface area contributed by atoms with Crippen molar-refractivity contribution in [2.24, 2.45) is 0 Å². The number of benzene rings is 1. The normalized spacial score (nSPS) is 37.6. The Hall–Kier alpha value is -2.37. The van der Waals surface area contributed by atoms with E-state index in [1.54, 1.807) is 0 Å². The maximum Gasteiger partial charge on any atom is 0.331 e. The van der Waals surface area contributed by atoms with Crippen LogP contribution in [0.15, 0.2) is 24.3 Å². The SMILES string of the molecule is O=C(/C=C/c1ccc(O)c(O)c1)O[C@H]1[C@H](O)[C@@H](O)[C@H](O[C@]2(CO)O[C@H](CO)[C@@H](O)[C@@H]2O)O[C@@H]1CO. The average Bonchev–Trinajstić information content (AvgIpc) is 3.09. The van der Waals surface area contributed by atoms with Gasteiger partial charge in [0.15, 0.2) is 23.9 Å². The molecule has 2 aliphatic heterocycles. The minimum absolute atomic E-state index is 0.331. The van der Waals surface area contributed by atoms with E-state index in [0.717, 1.165) is 6.08 Å². The van der Waals surface area contributed by atoms with Crippen molar-refractivity contribution >= 4 is 12.0 Å². The highest BCUT2D eigenvalue weighted by molar-refractivity contribution is 5.87. The fourth-order valence-corrected chi connectivity index (χ4v) is 3.74. The molecule has 1 aromatic carbocycles. The zero-order valence-corrected chi connectivity index (χ0v) is 18.2. The van der Waals surface area contributed by atoms with Gasteiger partial charge in [0.05, 0.1) is 13.2 Å². The third-order valence-corrected chi connectivity index (χ3v) is 5.71. The van der Waals surface area contributed by atoms with E-state index in [-0.39, 0.29) is 5.75 Å². The molecule has 0 aliphatic carbocycles. The summed E-state index contributed by atoms with van der Waals surface area (Å²) in [5.41, 5.74) is 0.331. The van der Waals surface area contributed by atoms with Gasteiger partial charge in [-0.05, 0) is 23.8 Å². The summed E-state index contributed by atoms with van der Waals surface area (Å²) in [5.74, 6) is -4.12. The number of esters is 1. The number of phenols is 2. The van der Waals surface area contributed by atoms with Gasteiger partial charge in [0.25, 0.3) is 0 Å². The molecule has 3 rings (SSSR count). The highest BCUT2D eigenvalue weighted by Gasteiger charge is 2.58. The van der Waals surface area contributed by atoms with Crippen LogP contribution in [0.4, 0.5) is 0 Å². The molecular weight excluding hydrogens is 476 g/mol. The highest BCUT2D eigenvalue weighted by Crippen LogP contribution is 2.36. The maximum atomic E-state index is 12.2. The van der Waals surface area contributed by atoms with Crippen LogP contribution < -0.4 is 0 Å². The highest BCUT2D eigenvalue weighted by atomic mass is 16.8. The van der Waals surface area contributed by atoms with E-state index in [4.69, 9.17) is 18.9 Å². The molecule has 0 bridgehead atoms. The number of aromatic hydroxyl groups is 2. The van der Waals surface area contributed by atoms with Crippen molar-refractivity contribution in [2.45, 2.75) is 54.8 Å². The number of hydrogen-bond acceptors (Lipinski definition) is 14. The number of phenolic OH excluding ortho intramolecular Hbond substituents is 2. The van der Waals surface area contributed by atoms with Crippen molar-refractivity contribution in [1.29, 1.82) is 0 Å². The summed E-state index contributed by atoms with van der Waals surface area (Å²) in [7, 11) is 0. The van der Waals surface area contributed by atoms with Crippen molar-refractivity contribution < 1.29 is 69.7 Å². The third kappa shape index (κ3) is 5.57. The summed E-state index contributed by atoms with van der Waals surface area (Å²) >= 11 is 0. The van der Waals surface area contributed by atoms with E-state index in [1.807, 2.05) is 0 Å². The Labute approximate surface area is 198 Å². The number of rotatable bonds is 8. The van der Waals surface area contributed by atoms with Gasteiger partial charge in [-0.3, -0.25) is 0 Å². The molecule has 0 aromatic heterocycles. The molecule has 0 radical (unpaired) electrons. The Kier molecular flexibility index (Phi) is 8.66. The third-order valence-electron chi connectivity index (χ3n) is 5.71. The molecule has 9 atom stereocenters. The molecule has 1 aromatic rings. The topological polar surface area (TPSA) is 236 Å². The van der Waals surface area contributed by atoms with Crippen molar-refractivity contribution in [3.63, 3.8) is 0 Å². The fourth-order valence-electron chi connectivity index (χ4n) is 3.74. The van der Waals surface area contributed by atoms with Gasteiger partial charge in [0.2, 0.25) is 5.79 Å². The maximum absolute atomic E-state index is 12.2. The molecule has 9 N–H and O–H groups in total. The van der Waals surface area contributed by atoms with E-state index in [1.165, 1.54) is 24.3 Å². The first-order chi connectivity index (χ1) is 16.6. The van der Waals surface area contributed by atoms with E-state index in [0.29, 0.717) is 5.56 Å². The van der Waals surface area contributed by atoms with Gasteiger partial charge in [0.1, 0.15) is 43.2 Å². The lowest BCUT2D eigenvalue weighted by molar-refractivity contribution is -0.383. The summed E-state index contributed by atoms with van der Waals surface area (Å²) in [5, 5.41) is 88.7. The summed E-state index contributed by atoms with van der Waals surface area (Å²) in [6.45, 7) is -2.58. The zero-order valence-electron chi connectivity index (χ0n) is 18.2. The molecule has 0 amide bonds. The van der Waals surface area contributed by atoms with Gasteiger partial charge < -0.3 is 64.9 Å². The van der Waals surface area contributed by atoms with Crippen LogP contribution in [-0.4, -0.2) is 127 Å². The zero-order chi connectivity index (χ0) is 25.9. The van der Waals surface area contributed by atoms with Crippen LogP contribution in [-0.2, 0) is 23.7 Å². The Bertz CT molecular complexity index is 906. The quantitative estimate of drug-likeness (QED) is 0.0941. The second kappa shape index (κ2) is 11.1. The van der Waals surface area contributed by atoms with Crippen LogP contribution in [0.1, 0.15) is 5.56 Å². The molecule has 196 valence electrons. The van der Waals surface area contributed by atoms with Gasteiger partial charge >= 0.3 is 5.97 Å². The van der Waals surface area contributed by atoms with Gasteiger partial charge in [-0.25, -0.2) is 4.79 Å². The van der Waals surface area contributed by atoms with Crippen molar-refractivity contribution in [1.82, 2.24) is 0 Å². The molecule has 2 saturated heterocycles. The number of hydrogen-bond donors (Lipinski definition) is 9. The number of aliphatic hydroxyl groups excluding tert-OH is 7. The smallest absolute Gasteiger partial charge is 0.331 e. The number of aliphatic hydroxyl groups is 7. The monoisotopic (exact) mass is 504 g/mol. The standard InChI is InChI=1S/C21H28O14/c22-6-12-15(28)19(31)21(8-24,34-12)35-20-17(30)16(29)18(13(7-23)32-20)33-14(27)4-2-9-1-3-10(25)11(26)5-9/h1-5,12-13,15-20,22-26,28-31H,6-8H2/b4-2+/t12-,13-,15-,16-,17-,18-,19+,20+,21+/m1/s1. The molecule has 2 aliphatic rings. The number of carbonyl (C=O) groups is 1. The molecule has 14 nitrogen and oxygen atoms in total. The Morgan fingerprint density at radius 2 is 1.66 bits per heavy atom. The van der Waals surface area contributed by atoms with Crippen LogP contribution in [0.2, 0.25) is 0 Å². The largest absolute Gasteiger partial charge is 0.504 e. The molecule has 2 heterocycles. The second-order valence-electron chi connectivity index (χ2n) is 8.05. The number of ether oxygens (including phenoxy) is 4. The molecule has 0 spiro atoms. The predicted octanol–water partition coefficient (Wildman–Crippen LogP) is -3.72. The minimum atomic E-state index is -2.33. The molecular formula is C21H28O14. The lowest BCUT2D eigenvalue weighted by Gasteiger charge is -2.44. The Balaban J connectivity index is 1.69. The predicted molar refractivity (Wildman–Crippen MR) is 111 cm³/mol. The van der Waals surface area contributed by atoms with Gasteiger partial charge in [0, 0.05) is 6.08 Å². The average molecular weight is 504 g/mol. The van der Waals surface area contributed by atoms with Crippen molar-refractivity contribution in [3.05, 3.63) is 29.8 Å². The summed E-state index contributed by atoms with van der Waals surface area (Å²) < 4.78 is 21.1. The lowest BCUT2D eigenvalue weighted by atomic mass is 9.98. The molecule has 14 heteroatoms. The van der Waals surface area contributed by atoms with Gasteiger partial charge in [-0.15, -0.1) is 0 Å². The Morgan fingerprint density at radius 3 is 2.23 bits per heavy atom. The second-order valence-corrected chi connectivity index (χ2v) is 8.05. The van der Waals surface area contributed by atoms with Crippen molar-refractivity contribution in [3.8, 4) is 11.5 Å². The summed E-state index contributed by atoms with van der Waals surface area (Å²) in [6.07, 6.45) is -11.3. The van der Waals surface area contributed by atoms with Gasteiger partial charge in [-0.1, -0.05) is 6.07 Å². The number of carbonyl (C=O) groups excluding carboxylic acids is 1. The molecule has 0 unspecified atom stereocenters. The molecule has 2 fully saturated rings. The van der Waals surface area contributed by atoms with Crippen LogP contribution in [0, 0.1) is 0 Å². The van der Waals surface area contributed by atoms with Crippen LogP contribution in [0.25, 0.3) is 6.08 Å². The Morgan fingerprint density at radius 1 is 0.971 bits per heavy atom. The van der Waals surface area contributed by atoms with Crippen LogP contribution in [0.5, 0.6) is 11.5 Å². The molecule has 35 heavy (non-hydrogen) atoms. The first-order valence-electron chi connectivity index (χ1n) is 10.5. The lowest BCUT2D eigenvalue weighted by Crippen LogP contribution is -2.63. The summed E-state index contributed by atoms with van der Waals surface area (Å²) in [6, 6.07) is 3.77. The van der Waals surface area contributed by atoms with Crippen molar-refractivity contribution in [2.75, 3.05) is 19.8 Å². The fraction of sp³-hybridized carbons (Fsp3) is 0.571. The van der Waals surface area contributed by atoms with E-state index in [9.17, 15) is 50.8 Å². The summed E-state index contributed by atoms with van der Waals surface area (Å²) in [4.78, 5) is 12.2. The van der Waals surface area contributed by atoms with Crippen LogP contribution >= 0.6 is 0 Å². The van der Waals surface area contributed by atoms with E-state index < -0.39 is 86.3 Å². The minimum Gasteiger partial charge on any atom is -0.504 e. The van der Waals surface area contributed by atoms with E-state index in [2.05, 4.69) is 0 Å². The molecule has 0 saturated carbocycles. The first-order valence-corrected chi connectivity index (χ1v) is 10.5. The van der Waals surface area contributed by atoms with Crippen LogP contribution in [0.3, 0.4) is 0 Å². The first kappa shape index (κ1) is 27.2. The van der Waals surface area contributed by atoms with E-state index >= 15 is 0 Å². The van der Waals surface area contributed by atoms with Gasteiger partial charge in [-0.2, -0.15) is 0 Å².